The highest BCUT2D eigenvalue weighted by Gasteiger charge is 2.12. The maximum Gasteiger partial charge on any atom is 0.152 e. The van der Waals surface area contributed by atoms with Crippen molar-refractivity contribution >= 4 is 17.2 Å². The zero-order valence-corrected chi connectivity index (χ0v) is 9.97. The third-order valence-corrected chi connectivity index (χ3v) is 3.08. The molecular formula is C15H12N2O. The molecule has 2 heterocycles. The number of benzene rings is 1. The second-order valence-electron chi connectivity index (χ2n) is 4.32. The first-order valence-electron chi connectivity index (χ1n) is 5.77. The van der Waals surface area contributed by atoms with Gasteiger partial charge in [0.15, 0.2) is 6.29 Å². The van der Waals surface area contributed by atoms with Crippen LogP contribution in [0, 0.1) is 6.92 Å². The van der Waals surface area contributed by atoms with Crippen LogP contribution in [0.15, 0.2) is 42.7 Å². The third-order valence-electron chi connectivity index (χ3n) is 3.08. The summed E-state index contributed by atoms with van der Waals surface area (Å²) in [5.41, 5.74) is 4.66. The first kappa shape index (κ1) is 10.7. The number of H-pyrrole nitrogens is 1. The SMILES string of the molecule is Cc1ccc2[nH]c(-c3ccncc3)c(C=O)c2c1. The molecule has 88 valence electrons. The molecule has 3 nitrogen and oxygen atoms in total. The number of carbonyl (C=O) groups excluding carboxylic acids is 1. The number of hydrogen-bond acceptors (Lipinski definition) is 2. The average Bonchev–Trinajstić information content (AvgIpc) is 2.77. The Morgan fingerprint density at radius 2 is 1.94 bits per heavy atom. The van der Waals surface area contributed by atoms with Gasteiger partial charge in [0.25, 0.3) is 0 Å². The van der Waals surface area contributed by atoms with E-state index in [1.807, 2.05) is 37.3 Å². The minimum Gasteiger partial charge on any atom is -0.354 e. The molecule has 0 radical (unpaired) electrons. The minimum absolute atomic E-state index is 0.708. The molecule has 0 amide bonds. The van der Waals surface area contributed by atoms with E-state index in [0.717, 1.165) is 34.0 Å². The van der Waals surface area contributed by atoms with Crippen LogP contribution in [0.1, 0.15) is 15.9 Å². The molecule has 0 spiro atoms. The van der Waals surface area contributed by atoms with E-state index in [2.05, 4.69) is 9.97 Å². The van der Waals surface area contributed by atoms with Crippen molar-refractivity contribution in [3.8, 4) is 11.3 Å². The Hall–Kier alpha value is -2.42. The lowest BCUT2D eigenvalue weighted by Crippen LogP contribution is -1.84. The lowest BCUT2D eigenvalue weighted by atomic mass is 10.1. The van der Waals surface area contributed by atoms with Gasteiger partial charge in [-0.1, -0.05) is 11.6 Å². The number of nitrogens with zero attached hydrogens (tertiary/aromatic N) is 1. The number of aryl methyl sites for hydroxylation is 1. The highest BCUT2D eigenvalue weighted by atomic mass is 16.1. The Kier molecular flexibility index (Phi) is 2.45. The second kappa shape index (κ2) is 4.11. The number of nitrogens with one attached hydrogen (secondary N) is 1. The Morgan fingerprint density at radius 1 is 1.17 bits per heavy atom. The molecule has 0 fully saturated rings. The summed E-state index contributed by atoms with van der Waals surface area (Å²) in [6.07, 6.45) is 4.36. The van der Waals surface area contributed by atoms with Crippen LogP contribution in [-0.4, -0.2) is 16.3 Å². The zero-order chi connectivity index (χ0) is 12.5. The summed E-state index contributed by atoms with van der Waals surface area (Å²) in [7, 11) is 0. The number of pyridine rings is 1. The Morgan fingerprint density at radius 3 is 2.67 bits per heavy atom. The fraction of sp³-hybridized carbons (Fsp3) is 0.0667. The molecule has 1 aromatic carbocycles. The van der Waals surface area contributed by atoms with Crippen LogP contribution in [0.4, 0.5) is 0 Å². The lowest BCUT2D eigenvalue weighted by molar-refractivity contribution is 0.112. The molecule has 0 aliphatic heterocycles. The number of rotatable bonds is 2. The van der Waals surface area contributed by atoms with Crippen LogP contribution in [0.25, 0.3) is 22.2 Å². The van der Waals surface area contributed by atoms with Gasteiger partial charge >= 0.3 is 0 Å². The van der Waals surface area contributed by atoms with E-state index in [4.69, 9.17) is 0 Å². The van der Waals surface area contributed by atoms with Crippen LogP contribution in [0.2, 0.25) is 0 Å². The Labute approximate surface area is 104 Å². The average molecular weight is 236 g/mol. The number of aldehydes is 1. The summed E-state index contributed by atoms with van der Waals surface area (Å²) in [4.78, 5) is 18.6. The standard InChI is InChI=1S/C15H12N2O/c1-10-2-3-14-12(8-10)13(9-18)15(17-14)11-4-6-16-7-5-11/h2-9,17H,1H3. The van der Waals surface area contributed by atoms with Gasteiger partial charge in [-0.2, -0.15) is 0 Å². The van der Waals surface area contributed by atoms with Crippen molar-refractivity contribution in [2.24, 2.45) is 0 Å². The predicted octanol–water partition coefficient (Wildman–Crippen LogP) is 3.35. The molecular weight excluding hydrogens is 224 g/mol. The van der Waals surface area contributed by atoms with E-state index in [1.165, 1.54) is 0 Å². The van der Waals surface area contributed by atoms with Crippen molar-refractivity contribution in [2.75, 3.05) is 0 Å². The highest BCUT2D eigenvalue weighted by molar-refractivity contribution is 6.04. The minimum atomic E-state index is 0.708. The number of carbonyl (C=O) groups is 1. The molecule has 3 aromatic rings. The fourth-order valence-electron chi connectivity index (χ4n) is 2.20. The number of aromatic nitrogens is 2. The van der Waals surface area contributed by atoms with Gasteiger partial charge < -0.3 is 4.98 Å². The van der Waals surface area contributed by atoms with Gasteiger partial charge in [-0.25, -0.2) is 0 Å². The van der Waals surface area contributed by atoms with E-state index in [-0.39, 0.29) is 0 Å². The summed E-state index contributed by atoms with van der Waals surface area (Å²) in [5, 5.41) is 0.969. The van der Waals surface area contributed by atoms with Gasteiger partial charge in [0.1, 0.15) is 0 Å². The molecule has 0 unspecified atom stereocenters. The number of fused-ring (bicyclic) bond motifs is 1. The first-order chi connectivity index (χ1) is 8.79. The van der Waals surface area contributed by atoms with Gasteiger partial charge in [-0.05, 0) is 31.2 Å². The summed E-state index contributed by atoms with van der Waals surface area (Å²) >= 11 is 0. The van der Waals surface area contributed by atoms with Crippen molar-refractivity contribution in [1.29, 1.82) is 0 Å². The van der Waals surface area contributed by atoms with Crippen LogP contribution >= 0.6 is 0 Å². The van der Waals surface area contributed by atoms with Gasteiger partial charge in [-0.15, -0.1) is 0 Å². The smallest absolute Gasteiger partial charge is 0.152 e. The van der Waals surface area contributed by atoms with E-state index in [9.17, 15) is 4.79 Å². The van der Waals surface area contributed by atoms with Crippen molar-refractivity contribution in [3.63, 3.8) is 0 Å². The molecule has 0 aliphatic rings. The van der Waals surface area contributed by atoms with Crippen LogP contribution in [-0.2, 0) is 0 Å². The molecule has 0 aliphatic carbocycles. The fourth-order valence-corrected chi connectivity index (χ4v) is 2.20. The quantitative estimate of drug-likeness (QED) is 0.693. The summed E-state index contributed by atoms with van der Waals surface area (Å²) in [6.45, 7) is 2.02. The molecule has 0 saturated carbocycles. The van der Waals surface area contributed by atoms with Crippen molar-refractivity contribution in [2.45, 2.75) is 6.92 Å². The van der Waals surface area contributed by atoms with E-state index in [1.54, 1.807) is 12.4 Å². The largest absolute Gasteiger partial charge is 0.354 e. The Bertz CT molecular complexity index is 714. The highest BCUT2D eigenvalue weighted by Crippen LogP contribution is 2.29. The maximum atomic E-state index is 11.4. The first-order valence-corrected chi connectivity index (χ1v) is 5.77. The van der Waals surface area contributed by atoms with E-state index in [0.29, 0.717) is 5.56 Å². The molecule has 0 bridgehead atoms. The van der Waals surface area contributed by atoms with Gasteiger partial charge in [-0.3, -0.25) is 9.78 Å². The molecule has 18 heavy (non-hydrogen) atoms. The second-order valence-corrected chi connectivity index (χ2v) is 4.32. The molecule has 1 N–H and O–H groups in total. The molecule has 0 atom stereocenters. The molecule has 3 heteroatoms. The van der Waals surface area contributed by atoms with Crippen LogP contribution in [0.3, 0.4) is 0 Å². The zero-order valence-electron chi connectivity index (χ0n) is 9.97. The Balaban J connectivity index is 2.33. The summed E-state index contributed by atoms with van der Waals surface area (Å²) < 4.78 is 0. The topological polar surface area (TPSA) is 45.8 Å². The normalized spacial score (nSPS) is 10.7. The molecule has 2 aromatic heterocycles. The van der Waals surface area contributed by atoms with Gasteiger partial charge in [0.05, 0.1) is 5.69 Å². The van der Waals surface area contributed by atoms with Crippen molar-refractivity contribution in [3.05, 3.63) is 53.9 Å². The van der Waals surface area contributed by atoms with Gasteiger partial charge in [0.2, 0.25) is 0 Å². The summed E-state index contributed by atoms with van der Waals surface area (Å²) in [5.74, 6) is 0. The predicted molar refractivity (Wildman–Crippen MR) is 71.7 cm³/mol. The van der Waals surface area contributed by atoms with Crippen molar-refractivity contribution in [1.82, 2.24) is 9.97 Å². The van der Waals surface area contributed by atoms with Crippen LogP contribution < -0.4 is 0 Å². The number of aromatic amines is 1. The molecule has 3 rings (SSSR count). The van der Waals surface area contributed by atoms with E-state index < -0.39 is 0 Å². The lowest BCUT2D eigenvalue weighted by Gasteiger charge is -1.98. The molecule has 0 saturated heterocycles. The maximum absolute atomic E-state index is 11.4. The third kappa shape index (κ3) is 1.61. The summed E-state index contributed by atoms with van der Waals surface area (Å²) in [6, 6.07) is 9.85. The van der Waals surface area contributed by atoms with Crippen molar-refractivity contribution < 1.29 is 4.79 Å². The van der Waals surface area contributed by atoms with E-state index >= 15 is 0 Å². The number of hydrogen-bond donors (Lipinski definition) is 1. The van der Waals surface area contributed by atoms with Crippen LogP contribution in [0.5, 0.6) is 0 Å². The van der Waals surface area contributed by atoms with Gasteiger partial charge in [0, 0.05) is 34.4 Å². The monoisotopic (exact) mass is 236 g/mol.